The molecule has 0 amide bonds. The molecule has 1 aromatic carbocycles. The van der Waals surface area contributed by atoms with Crippen LogP contribution in [0.25, 0.3) is 6.08 Å². The predicted octanol–water partition coefficient (Wildman–Crippen LogP) is 2.82. The number of rotatable bonds is 4. The quantitative estimate of drug-likeness (QED) is 0.862. The van der Waals surface area contributed by atoms with Gasteiger partial charge in [-0.05, 0) is 44.0 Å². The highest BCUT2D eigenvalue weighted by Gasteiger charge is 2.09. The van der Waals surface area contributed by atoms with Gasteiger partial charge in [0.2, 0.25) is 0 Å². The summed E-state index contributed by atoms with van der Waals surface area (Å²) in [5.41, 5.74) is 8.44. The standard InChI is InChI=1S/C15H22N2/c1-13(16)15-9-3-2-7-14(15)8-6-12-17-10-4-5-11-17/h2-3,6-9,13H,4-5,10-12,16H2,1H3/b8-6+/t13-/m0/s1. The molecule has 0 aliphatic carbocycles. The van der Waals surface area contributed by atoms with Crippen LogP contribution in [-0.4, -0.2) is 24.5 Å². The highest BCUT2D eigenvalue weighted by Crippen LogP contribution is 2.17. The minimum atomic E-state index is 0.0997. The van der Waals surface area contributed by atoms with Gasteiger partial charge in [0.15, 0.2) is 0 Å². The Morgan fingerprint density at radius 1 is 1.29 bits per heavy atom. The van der Waals surface area contributed by atoms with E-state index in [0.717, 1.165) is 6.54 Å². The van der Waals surface area contributed by atoms with Crippen molar-refractivity contribution in [3.8, 4) is 0 Å². The zero-order valence-corrected chi connectivity index (χ0v) is 10.6. The van der Waals surface area contributed by atoms with Crippen LogP contribution in [0.15, 0.2) is 30.3 Å². The largest absolute Gasteiger partial charge is 0.324 e. The zero-order valence-electron chi connectivity index (χ0n) is 10.6. The third-order valence-electron chi connectivity index (χ3n) is 3.35. The summed E-state index contributed by atoms with van der Waals surface area (Å²) in [6.45, 7) is 5.60. The zero-order chi connectivity index (χ0) is 12.1. The van der Waals surface area contributed by atoms with Crippen LogP contribution in [0.4, 0.5) is 0 Å². The lowest BCUT2D eigenvalue weighted by Gasteiger charge is -2.12. The molecule has 0 bridgehead atoms. The molecule has 1 aliphatic heterocycles. The Morgan fingerprint density at radius 2 is 2.00 bits per heavy atom. The fourth-order valence-corrected chi connectivity index (χ4v) is 2.37. The fraction of sp³-hybridized carbons (Fsp3) is 0.467. The normalized spacial score (nSPS) is 18.9. The van der Waals surface area contributed by atoms with Gasteiger partial charge in [0.25, 0.3) is 0 Å². The van der Waals surface area contributed by atoms with Crippen LogP contribution in [0.2, 0.25) is 0 Å². The number of benzene rings is 1. The summed E-state index contributed by atoms with van der Waals surface area (Å²) in [5.74, 6) is 0. The third-order valence-corrected chi connectivity index (χ3v) is 3.35. The van der Waals surface area contributed by atoms with E-state index in [-0.39, 0.29) is 6.04 Å². The first-order chi connectivity index (χ1) is 8.27. The summed E-state index contributed by atoms with van der Waals surface area (Å²) < 4.78 is 0. The van der Waals surface area contributed by atoms with Crippen LogP contribution in [0.1, 0.15) is 36.9 Å². The molecule has 0 saturated carbocycles. The van der Waals surface area contributed by atoms with Gasteiger partial charge in [-0.2, -0.15) is 0 Å². The minimum Gasteiger partial charge on any atom is -0.324 e. The Labute approximate surface area is 104 Å². The van der Waals surface area contributed by atoms with Crippen molar-refractivity contribution in [2.45, 2.75) is 25.8 Å². The molecule has 0 radical (unpaired) electrons. The average Bonchev–Trinajstić information content (AvgIpc) is 2.82. The molecule has 2 nitrogen and oxygen atoms in total. The first-order valence-electron chi connectivity index (χ1n) is 6.51. The lowest BCUT2D eigenvalue weighted by Crippen LogP contribution is -2.18. The second-order valence-corrected chi connectivity index (χ2v) is 4.83. The molecule has 0 aromatic heterocycles. The molecular weight excluding hydrogens is 208 g/mol. The number of nitrogens with two attached hydrogens (primary N) is 1. The topological polar surface area (TPSA) is 29.3 Å². The van der Waals surface area contributed by atoms with Crippen LogP contribution < -0.4 is 5.73 Å². The lowest BCUT2D eigenvalue weighted by molar-refractivity contribution is 0.378. The Hall–Kier alpha value is -1.12. The summed E-state index contributed by atoms with van der Waals surface area (Å²) in [7, 11) is 0. The maximum absolute atomic E-state index is 5.96. The van der Waals surface area contributed by atoms with Gasteiger partial charge >= 0.3 is 0 Å². The number of hydrogen-bond acceptors (Lipinski definition) is 2. The van der Waals surface area contributed by atoms with Crippen molar-refractivity contribution in [2.75, 3.05) is 19.6 Å². The van der Waals surface area contributed by atoms with Crippen molar-refractivity contribution in [2.24, 2.45) is 5.73 Å². The van der Waals surface area contributed by atoms with E-state index in [1.165, 1.54) is 37.1 Å². The van der Waals surface area contributed by atoms with Crippen molar-refractivity contribution in [3.05, 3.63) is 41.5 Å². The third kappa shape index (κ3) is 3.42. The number of hydrogen-bond donors (Lipinski definition) is 1. The van der Waals surface area contributed by atoms with Crippen LogP contribution in [0, 0.1) is 0 Å². The first-order valence-corrected chi connectivity index (χ1v) is 6.51. The second kappa shape index (κ2) is 5.99. The molecule has 2 rings (SSSR count). The fourth-order valence-electron chi connectivity index (χ4n) is 2.37. The first kappa shape index (κ1) is 12.3. The van der Waals surface area contributed by atoms with Crippen molar-refractivity contribution in [1.82, 2.24) is 4.90 Å². The Morgan fingerprint density at radius 3 is 2.71 bits per heavy atom. The van der Waals surface area contributed by atoms with E-state index < -0.39 is 0 Å². The van der Waals surface area contributed by atoms with Crippen LogP contribution in [0.3, 0.4) is 0 Å². The second-order valence-electron chi connectivity index (χ2n) is 4.83. The van der Waals surface area contributed by atoms with Gasteiger partial charge in [0.05, 0.1) is 0 Å². The number of likely N-dealkylation sites (tertiary alicyclic amines) is 1. The van der Waals surface area contributed by atoms with Crippen molar-refractivity contribution >= 4 is 6.08 Å². The van der Waals surface area contributed by atoms with E-state index in [1.807, 2.05) is 6.92 Å². The summed E-state index contributed by atoms with van der Waals surface area (Å²) in [5, 5.41) is 0. The minimum absolute atomic E-state index is 0.0997. The van der Waals surface area contributed by atoms with Crippen molar-refractivity contribution in [1.29, 1.82) is 0 Å². The molecular formula is C15H22N2. The molecule has 0 unspecified atom stereocenters. The van der Waals surface area contributed by atoms with Crippen LogP contribution in [-0.2, 0) is 0 Å². The SMILES string of the molecule is C[C@H](N)c1ccccc1/C=C/CN1CCCC1. The van der Waals surface area contributed by atoms with Gasteiger partial charge in [-0.1, -0.05) is 36.4 Å². The predicted molar refractivity (Wildman–Crippen MR) is 73.8 cm³/mol. The van der Waals surface area contributed by atoms with Gasteiger partial charge in [-0.3, -0.25) is 4.90 Å². The summed E-state index contributed by atoms with van der Waals surface area (Å²) in [6, 6.07) is 8.47. The Balaban J connectivity index is 1.99. The molecule has 1 aromatic rings. The molecule has 1 heterocycles. The van der Waals surface area contributed by atoms with Crippen LogP contribution >= 0.6 is 0 Å². The molecule has 17 heavy (non-hydrogen) atoms. The summed E-state index contributed by atoms with van der Waals surface area (Å²) in [4.78, 5) is 2.49. The van der Waals surface area contributed by atoms with Crippen molar-refractivity contribution in [3.63, 3.8) is 0 Å². The van der Waals surface area contributed by atoms with E-state index in [4.69, 9.17) is 5.73 Å². The van der Waals surface area contributed by atoms with E-state index in [9.17, 15) is 0 Å². The van der Waals surface area contributed by atoms with Crippen molar-refractivity contribution < 1.29 is 0 Å². The Kier molecular flexibility index (Phi) is 4.35. The van der Waals surface area contributed by atoms with Gasteiger partial charge in [-0.25, -0.2) is 0 Å². The van der Waals surface area contributed by atoms with E-state index in [2.05, 4.69) is 41.3 Å². The smallest absolute Gasteiger partial charge is 0.0272 e. The van der Waals surface area contributed by atoms with Gasteiger partial charge in [0.1, 0.15) is 0 Å². The average molecular weight is 230 g/mol. The maximum Gasteiger partial charge on any atom is 0.0272 e. The maximum atomic E-state index is 5.96. The van der Waals surface area contributed by atoms with Crippen LogP contribution in [0.5, 0.6) is 0 Å². The highest BCUT2D eigenvalue weighted by molar-refractivity contribution is 5.54. The van der Waals surface area contributed by atoms with E-state index in [1.54, 1.807) is 0 Å². The monoisotopic (exact) mass is 230 g/mol. The molecule has 1 saturated heterocycles. The molecule has 0 spiro atoms. The number of nitrogens with zero attached hydrogens (tertiary/aromatic N) is 1. The molecule has 2 N–H and O–H groups in total. The Bertz CT molecular complexity index is 376. The van der Waals surface area contributed by atoms with Gasteiger partial charge < -0.3 is 5.73 Å². The highest BCUT2D eigenvalue weighted by atomic mass is 15.1. The molecule has 1 fully saturated rings. The molecule has 1 atom stereocenters. The molecule has 92 valence electrons. The molecule has 2 heteroatoms. The van der Waals surface area contributed by atoms with Gasteiger partial charge in [0, 0.05) is 12.6 Å². The van der Waals surface area contributed by atoms with Gasteiger partial charge in [-0.15, -0.1) is 0 Å². The van der Waals surface area contributed by atoms with E-state index in [0.29, 0.717) is 0 Å². The summed E-state index contributed by atoms with van der Waals surface area (Å²) >= 11 is 0. The molecule has 1 aliphatic rings. The lowest BCUT2D eigenvalue weighted by atomic mass is 10.0. The summed E-state index contributed by atoms with van der Waals surface area (Å²) in [6.07, 6.45) is 7.16. The van der Waals surface area contributed by atoms with E-state index >= 15 is 0 Å².